The van der Waals surface area contributed by atoms with Crippen LogP contribution >= 0.6 is 0 Å². The second-order valence-electron chi connectivity index (χ2n) is 2.59. The van der Waals surface area contributed by atoms with E-state index in [0.29, 0.717) is 10.9 Å². The van der Waals surface area contributed by atoms with E-state index in [4.69, 9.17) is 11.6 Å². The summed E-state index contributed by atoms with van der Waals surface area (Å²) in [7, 11) is 0. The number of pyridine rings is 1. The van der Waals surface area contributed by atoms with Crippen LogP contribution < -0.4 is 21.8 Å². The Kier molecular flexibility index (Phi) is 1.76. The van der Waals surface area contributed by atoms with Gasteiger partial charge in [-0.2, -0.15) is 16.1 Å². The van der Waals surface area contributed by atoms with Gasteiger partial charge in [-0.3, -0.25) is 4.98 Å². The lowest BCUT2D eigenvalue weighted by Crippen LogP contribution is -3.18. The number of hydrogen-bond donors (Lipinski definition) is 3. The first kappa shape index (κ1) is 7.84. The zero-order chi connectivity index (χ0) is 9.26. The summed E-state index contributed by atoms with van der Waals surface area (Å²) in [5.41, 5.74) is 11.0. The van der Waals surface area contributed by atoms with Crippen molar-refractivity contribution in [3.63, 3.8) is 0 Å². The Morgan fingerprint density at radius 1 is 1.54 bits per heavy atom. The van der Waals surface area contributed by atoms with Crippen LogP contribution in [0.1, 0.15) is 0 Å². The van der Waals surface area contributed by atoms with Gasteiger partial charge in [0, 0.05) is 12.4 Å². The van der Waals surface area contributed by atoms with Gasteiger partial charge >= 0.3 is 0 Å². The molecule has 0 spiro atoms. The van der Waals surface area contributed by atoms with Crippen molar-refractivity contribution in [2.24, 2.45) is 5.84 Å². The van der Waals surface area contributed by atoms with Gasteiger partial charge in [0.05, 0.1) is 11.9 Å². The molecule has 1 aliphatic rings. The second-order valence-corrected chi connectivity index (χ2v) is 2.59. The van der Waals surface area contributed by atoms with E-state index in [1.54, 1.807) is 35.9 Å². The van der Waals surface area contributed by atoms with Crippen molar-refractivity contribution in [2.45, 2.75) is 0 Å². The molecule has 0 aromatic carbocycles. The average molecular weight is 178 g/mol. The first-order valence-electron chi connectivity index (χ1n) is 3.77. The van der Waals surface area contributed by atoms with E-state index in [1.165, 1.54) is 0 Å². The Hall–Kier alpha value is -1.79. The van der Waals surface area contributed by atoms with Crippen molar-refractivity contribution in [1.29, 1.82) is 0 Å². The molecule has 5 N–H and O–H groups in total. The molecule has 2 rings (SSSR count). The molecule has 6 heteroatoms. The van der Waals surface area contributed by atoms with E-state index < -0.39 is 0 Å². The summed E-state index contributed by atoms with van der Waals surface area (Å²) in [6.07, 6.45) is 6.63. The maximum Gasteiger partial charge on any atom is 0.136 e. The number of nitrogens with two attached hydrogens (primary N) is 2. The molecule has 6 nitrogen and oxygen atoms in total. The third kappa shape index (κ3) is 1.28. The number of anilines is 2. The number of hydrogen-bond acceptors (Lipinski definition) is 4. The van der Waals surface area contributed by atoms with E-state index in [2.05, 4.69) is 10.4 Å². The zero-order valence-corrected chi connectivity index (χ0v) is 6.88. The Labute approximate surface area is 75.3 Å². The summed E-state index contributed by atoms with van der Waals surface area (Å²) in [5.74, 6) is 5.61. The Morgan fingerprint density at radius 2 is 2.38 bits per heavy atom. The van der Waals surface area contributed by atoms with Crippen molar-refractivity contribution < 1.29 is 5.23 Å². The molecule has 0 radical (unpaired) electrons. The second kappa shape index (κ2) is 2.92. The van der Waals surface area contributed by atoms with Crippen LogP contribution in [0.4, 0.5) is 11.4 Å². The van der Waals surface area contributed by atoms with Gasteiger partial charge in [-0.15, -0.1) is 6.20 Å². The lowest BCUT2D eigenvalue weighted by atomic mass is 10.3. The normalized spacial score (nSPS) is 20.4. The Balaban J connectivity index is 2.35. The zero-order valence-electron chi connectivity index (χ0n) is 6.88. The average Bonchev–Trinajstić information content (AvgIpc) is 2.52. The summed E-state index contributed by atoms with van der Waals surface area (Å²) in [5, 5.41) is 2.09. The van der Waals surface area contributed by atoms with Crippen molar-refractivity contribution in [3.8, 4) is 0 Å². The SMILES string of the molecule is Nc1ccncc1N1C=C[N-][NH+]1N. The molecule has 1 aromatic rings. The number of aromatic nitrogens is 1. The molecule has 0 saturated heterocycles. The van der Waals surface area contributed by atoms with Crippen LogP contribution in [0, 0.1) is 0 Å². The highest BCUT2D eigenvalue weighted by Crippen LogP contribution is 2.19. The van der Waals surface area contributed by atoms with Gasteiger partial charge in [0.15, 0.2) is 0 Å². The van der Waals surface area contributed by atoms with E-state index in [1.807, 2.05) is 0 Å². The molecule has 13 heavy (non-hydrogen) atoms. The van der Waals surface area contributed by atoms with Gasteiger partial charge in [0.1, 0.15) is 5.69 Å². The highest BCUT2D eigenvalue weighted by molar-refractivity contribution is 5.65. The van der Waals surface area contributed by atoms with Gasteiger partial charge in [-0.05, 0) is 6.07 Å². The van der Waals surface area contributed by atoms with Crippen molar-refractivity contribution in [1.82, 2.24) is 4.98 Å². The molecule has 1 aliphatic heterocycles. The molecular weight excluding hydrogens is 168 g/mol. The van der Waals surface area contributed by atoms with Crippen LogP contribution in [0.5, 0.6) is 0 Å². The number of nitrogens with zero attached hydrogens (tertiary/aromatic N) is 3. The van der Waals surface area contributed by atoms with Crippen LogP contribution in [0.25, 0.3) is 5.43 Å². The van der Waals surface area contributed by atoms with Gasteiger partial charge in [-0.1, -0.05) is 0 Å². The van der Waals surface area contributed by atoms with Crippen LogP contribution in [0.3, 0.4) is 0 Å². The number of nitrogen functional groups attached to an aromatic ring is 1. The van der Waals surface area contributed by atoms with Crippen LogP contribution in [0.15, 0.2) is 30.9 Å². The lowest BCUT2D eigenvalue weighted by molar-refractivity contribution is -0.872. The minimum absolute atomic E-state index is 0.403. The first-order chi connectivity index (χ1) is 6.29. The topological polar surface area (TPSA) is 86.7 Å². The minimum atomic E-state index is 0.403. The van der Waals surface area contributed by atoms with Gasteiger partial charge in [0.2, 0.25) is 0 Å². The molecule has 2 heterocycles. The molecule has 1 unspecified atom stereocenters. The van der Waals surface area contributed by atoms with Gasteiger partial charge < -0.3 is 11.2 Å². The summed E-state index contributed by atoms with van der Waals surface area (Å²) in [4.78, 5) is 3.96. The molecular formula is C7H10N6. The largest absolute Gasteiger partial charge is 0.447 e. The van der Waals surface area contributed by atoms with Crippen LogP contribution in [-0.2, 0) is 0 Å². The van der Waals surface area contributed by atoms with Crippen molar-refractivity contribution in [3.05, 3.63) is 36.3 Å². The van der Waals surface area contributed by atoms with Crippen molar-refractivity contribution >= 4 is 11.4 Å². The number of quaternary nitrogens is 1. The molecule has 0 fully saturated rings. The summed E-state index contributed by atoms with van der Waals surface area (Å²) in [6.45, 7) is 0. The standard InChI is InChI=1S/C7H10N6/c8-6-1-2-10-5-7(6)12-4-3-11-13(12)9/h1-5,13H,9H2,(H2,8,10). The lowest BCUT2D eigenvalue weighted by Gasteiger charge is -2.26. The first-order valence-corrected chi connectivity index (χ1v) is 3.77. The van der Waals surface area contributed by atoms with Gasteiger partial charge in [0.25, 0.3) is 0 Å². The summed E-state index contributed by atoms with van der Waals surface area (Å²) >= 11 is 0. The molecule has 0 saturated carbocycles. The molecule has 1 aromatic heterocycles. The summed E-state index contributed by atoms with van der Waals surface area (Å²) < 4.78 is 0. The maximum atomic E-state index is 5.74. The molecule has 0 aliphatic carbocycles. The monoisotopic (exact) mass is 178 g/mol. The predicted molar refractivity (Wildman–Crippen MR) is 48.8 cm³/mol. The maximum absolute atomic E-state index is 5.74. The van der Waals surface area contributed by atoms with E-state index in [9.17, 15) is 0 Å². The Morgan fingerprint density at radius 3 is 3.00 bits per heavy atom. The highest BCUT2D eigenvalue weighted by Gasteiger charge is 2.14. The molecule has 0 bridgehead atoms. The van der Waals surface area contributed by atoms with Crippen LogP contribution in [-0.4, -0.2) is 4.98 Å². The highest BCUT2D eigenvalue weighted by atomic mass is 15.9. The Bertz CT molecular complexity index is 336. The third-order valence-corrected chi connectivity index (χ3v) is 1.76. The quantitative estimate of drug-likeness (QED) is 0.477. The number of rotatable bonds is 1. The minimum Gasteiger partial charge on any atom is -0.447 e. The van der Waals surface area contributed by atoms with E-state index in [-0.39, 0.29) is 0 Å². The molecule has 68 valence electrons. The molecule has 0 amide bonds. The van der Waals surface area contributed by atoms with Crippen molar-refractivity contribution in [2.75, 3.05) is 10.7 Å². The third-order valence-electron chi connectivity index (χ3n) is 1.76. The molecule has 1 atom stereocenters. The van der Waals surface area contributed by atoms with Gasteiger partial charge in [-0.25, -0.2) is 0 Å². The fourth-order valence-corrected chi connectivity index (χ4v) is 1.12. The summed E-state index contributed by atoms with van der Waals surface area (Å²) in [6, 6.07) is 1.72. The van der Waals surface area contributed by atoms with E-state index in [0.717, 1.165) is 5.69 Å². The smallest absolute Gasteiger partial charge is 0.136 e. The van der Waals surface area contributed by atoms with E-state index >= 15 is 0 Å². The number of nitrogens with one attached hydrogen (secondary N) is 1. The van der Waals surface area contributed by atoms with Crippen LogP contribution in [0.2, 0.25) is 0 Å². The predicted octanol–water partition coefficient (Wildman–Crippen LogP) is -1.08. The fourth-order valence-electron chi connectivity index (χ4n) is 1.12. The fraction of sp³-hybridized carbons (Fsp3) is 0.